The second-order valence-electron chi connectivity index (χ2n) is 2.47. The van der Waals surface area contributed by atoms with Gasteiger partial charge in [0.1, 0.15) is 0 Å². The summed E-state index contributed by atoms with van der Waals surface area (Å²) < 4.78 is 4.75. The zero-order valence-corrected chi connectivity index (χ0v) is 7.78. The standard InChI is InChI=1S/C9H9ClO3/c1-13-9(10,8(11)12)7-5-3-2-4-6-7/h2-6H,1H3,(H,11,12). The summed E-state index contributed by atoms with van der Waals surface area (Å²) in [4.78, 5) is 10.8. The number of benzene rings is 1. The van der Waals surface area contributed by atoms with E-state index in [2.05, 4.69) is 0 Å². The van der Waals surface area contributed by atoms with Gasteiger partial charge in [0.2, 0.25) is 0 Å². The van der Waals surface area contributed by atoms with E-state index in [4.69, 9.17) is 21.4 Å². The Hall–Kier alpha value is -1.06. The Morgan fingerprint density at radius 1 is 1.46 bits per heavy atom. The number of carboxylic acids is 1. The second kappa shape index (κ2) is 3.77. The average molecular weight is 201 g/mol. The number of halogens is 1. The van der Waals surface area contributed by atoms with E-state index in [0.29, 0.717) is 5.56 Å². The molecular weight excluding hydrogens is 192 g/mol. The molecule has 4 heteroatoms. The average Bonchev–Trinajstić information content (AvgIpc) is 2.17. The van der Waals surface area contributed by atoms with Crippen LogP contribution in [0.5, 0.6) is 0 Å². The molecule has 0 heterocycles. The third-order valence-electron chi connectivity index (χ3n) is 1.70. The normalized spacial score (nSPS) is 14.9. The van der Waals surface area contributed by atoms with Crippen LogP contribution < -0.4 is 0 Å². The summed E-state index contributed by atoms with van der Waals surface area (Å²) in [5.74, 6) is -1.22. The van der Waals surface area contributed by atoms with Gasteiger partial charge in [0.15, 0.2) is 0 Å². The number of carboxylic acid groups (broad SMARTS) is 1. The summed E-state index contributed by atoms with van der Waals surface area (Å²) >= 11 is 5.76. The van der Waals surface area contributed by atoms with Gasteiger partial charge in [-0.1, -0.05) is 41.9 Å². The summed E-state index contributed by atoms with van der Waals surface area (Å²) in [6.45, 7) is 0. The first-order valence-corrected chi connectivity index (χ1v) is 4.02. The molecule has 1 atom stereocenters. The van der Waals surface area contributed by atoms with Crippen molar-refractivity contribution >= 4 is 17.6 Å². The molecule has 1 rings (SSSR count). The molecule has 0 amide bonds. The zero-order chi connectivity index (χ0) is 9.90. The van der Waals surface area contributed by atoms with E-state index in [-0.39, 0.29) is 0 Å². The van der Waals surface area contributed by atoms with Crippen molar-refractivity contribution in [3.05, 3.63) is 35.9 Å². The van der Waals surface area contributed by atoms with E-state index >= 15 is 0 Å². The summed E-state index contributed by atoms with van der Waals surface area (Å²) in [6.07, 6.45) is 0. The molecule has 0 aliphatic rings. The van der Waals surface area contributed by atoms with Crippen molar-refractivity contribution in [2.45, 2.75) is 5.06 Å². The number of alkyl halides is 1. The fourth-order valence-corrected chi connectivity index (χ4v) is 1.11. The molecule has 0 aromatic heterocycles. The largest absolute Gasteiger partial charge is 0.478 e. The highest BCUT2D eigenvalue weighted by Crippen LogP contribution is 2.29. The highest BCUT2D eigenvalue weighted by Gasteiger charge is 2.38. The van der Waals surface area contributed by atoms with Gasteiger partial charge in [0.25, 0.3) is 5.06 Å². The zero-order valence-electron chi connectivity index (χ0n) is 7.03. The lowest BCUT2D eigenvalue weighted by Crippen LogP contribution is -2.31. The Bertz CT molecular complexity index is 299. The molecule has 1 unspecified atom stereocenters. The summed E-state index contributed by atoms with van der Waals surface area (Å²) in [6, 6.07) is 8.39. The molecule has 1 aromatic rings. The molecule has 0 aliphatic heterocycles. The molecule has 3 nitrogen and oxygen atoms in total. The van der Waals surface area contributed by atoms with E-state index in [1.54, 1.807) is 30.3 Å². The fraction of sp³-hybridized carbons (Fsp3) is 0.222. The van der Waals surface area contributed by atoms with Crippen LogP contribution in [-0.4, -0.2) is 18.2 Å². The van der Waals surface area contributed by atoms with Gasteiger partial charge in [-0.2, -0.15) is 0 Å². The molecular formula is C9H9ClO3. The number of carbonyl (C=O) groups is 1. The number of methoxy groups -OCH3 is 1. The van der Waals surface area contributed by atoms with Crippen LogP contribution in [0.15, 0.2) is 30.3 Å². The number of hydrogen-bond donors (Lipinski definition) is 1. The van der Waals surface area contributed by atoms with Crippen molar-refractivity contribution in [3.63, 3.8) is 0 Å². The maximum absolute atomic E-state index is 10.8. The van der Waals surface area contributed by atoms with E-state index in [1.165, 1.54) is 7.11 Å². The minimum absolute atomic E-state index is 0.409. The smallest absolute Gasteiger partial charge is 0.356 e. The van der Waals surface area contributed by atoms with E-state index in [9.17, 15) is 4.79 Å². The molecule has 0 saturated carbocycles. The van der Waals surface area contributed by atoms with Gasteiger partial charge in [0, 0.05) is 12.7 Å². The Kier molecular flexibility index (Phi) is 2.90. The van der Waals surface area contributed by atoms with Crippen LogP contribution in [-0.2, 0) is 14.6 Å². The van der Waals surface area contributed by atoms with Crippen LogP contribution in [0, 0.1) is 0 Å². The maximum atomic E-state index is 10.8. The summed E-state index contributed by atoms with van der Waals surface area (Å²) in [5.41, 5.74) is 0.409. The molecule has 1 N–H and O–H groups in total. The maximum Gasteiger partial charge on any atom is 0.356 e. The topological polar surface area (TPSA) is 46.5 Å². The van der Waals surface area contributed by atoms with Gasteiger partial charge in [-0.15, -0.1) is 0 Å². The van der Waals surface area contributed by atoms with Crippen LogP contribution >= 0.6 is 11.6 Å². The van der Waals surface area contributed by atoms with E-state index in [1.807, 2.05) is 0 Å². The van der Waals surface area contributed by atoms with Gasteiger partial charge in [-0.3, -0.25) is 0 Å². The van der Waals surface area contributed by atoms with Crippen molar-refractivity contribution in [3.8, 4) is 0 Å². The van der Waals surface area contributed by atoms with Crippen molar-refractivity contribution in [2.75, 3.05) is 7.11 Å². The van der Waals surface area contributed by atoms with Crippen molar-refractivity contribution in [1.82, 2.24) is 0 Å². The molecule has 0 radical (unpaired) electrons. The quantitative estimate of drug-likeness (QED) is 0.757. The van der Waals surface area contributed by atoms with Crippen LogP contribution in [0.25, 0.3) is 0 Å². The SMILES string of the molecule is COC(Cl)(C(=O)O)c1ccccc1. The first-order chi connectivity index (χ1) is 6.11. The molecule has 1 aromatic carbocycles. The van der Waals surface area contributed by atoms with Gasteiger partial charge >= 0.3 is 5.97 Å². The summed E-state index contributed by atoms with van der Waals surface area (Å²) in [7, 11) is 1.26. The number of ether oxygens (including phenoxy) is 1. The van der Waals surface area contributed by atoms with Crippen molar-refractivity contribution < 1.29 is 14.6 Å². The van der Waals surface area contributed by atoms with E-state index < -0.39 is 11.0 Å². The van der Waals surface area contributed by atoms with E-state index in [0.717, 1.165) is 0 Å². The highest BCUT2D eigenvalue weighted by molar-refractivity contribution is 6.32. The molecule has 0 aliphatic carbocycles. The van der Waals surface area contributed by atoms with Gasteiger partial charge < -0.3 is 9.84 Å². The van der Waals surface area contributed by atoms with Gasteiger partial charge in [-0.25, -0.2) is 4.79 Å². The van der Waals surface area contributed by atoms with Gasteiger partial charge in [-0.05, 0) is 0 Å². The summed E-state index contributed by atoms with van der Waals surface area (Å²) in [5, 5.41) is 7.05. The minimum atomic E-state index is -1.78. The van der Waals surface area contributed by atoms with Crippen LogP contribution in [0.3, 0.4) is 0 Å². The lowest BCUT2D eigenvalue weighted by Gasteiger charge is -2.20. The Balaban J connectivity index is 3.11. The molecule has 0 bridgehead atoms. The predicted octanol–water partition coefficient (Wildman–Crippen LogP) is 1.81. The number of rotatable bonds is 3. The van der Waals surface area contributed by atoms with Crippen LogP contribution in [0.1, 0.15) is 5.56 Å². The molecule has 70 valence electrons. The predicted molar refractivity (Wildman–Crippen MR) is 48.6 cm³/mol. The monoisotopic (exact) mass is 200 g/mol. The first kappa shape index (κ1) is 10.0. The molecule has 0 spiro atoms. The third kappa shape index (κ3) is 1.82. The molecule has 13 heavy (non-hydrogen) atoms. The first-order valence-electron chi connectivity index (χ1n) is 3.64. The minimum Gasteiger partial charge on any atom is -0.478 e. The van der Waals surface area contributed by atoms with Crippen LogP contribution in [0.2, 0.25) is 0 Å². The molecule has 0 saturated heterocycles. The molecule has 0 fully saturated rings. The lowest BCUT2D eigenvalue weighted by atomic mass is 10.1. The Morgan fingerprint density at radius 3 is 2.38 bits per heavy atom. The Labute approximate surface area is 80.9 Å². The fourth-order valence-electron chi connectivity index (χ4n) is 0.981. The van der Waals surface area contributed by atoms with Crippen molar-refractivity contribution in [1.29, 1.82) is 0 Å². The van der Waals surface area contributed by atoms with Crippen LogP contribution in [0.4, 0.5) is 0 Å². The second-order valence-corrected chi connectivity index (χ2v) is 3.00. The highest BCUT2D eigenvalue weighted by atomic mass is 35.5. The Morgan fingerprint density at radius 2 is 2.00 bits per heavy atom. The van der Waals surface area contributed by atoms with Crippen molar-refractivity contribution in [2.24, 2.45) is 0 Å². The number of hydrogen-bond acceptors (Lipinski definition) is 2. The van der Waals surface area contributed by atoms with Gasteiger partial charge in [0.05, 0.1) is 0 Å². The number of aliphatic carboxylic acids is 1. The lowest BCUT2D eigenvalue weighted by molar-refractivity contribution is -0.153. The third-order valence-corrected chi connectivity index (χ3v) is 2.24.